The highest BCUT2D eigenvalue weighted by atomic mass is 16.6. The molecule has 0 saturated carbocycles. The van der Waals surface area contributed by atoms with Gasteiger partial charge in [-0.05, 0) is 112 Å². The van der Waals surface area contributed by atoms with Gasteiger partial charge < -0.3 is 28.4 Å². The third-order valence-electron chi connectivity index (χ3n) is 11.6. The van der Waals surface area contributed by atoms with E-state index in [1.165, 1.54) is 9.80 Å². The number of cyclic esters (lactones) is 2. The van der Waals surface area contributed by atoms with E-state index in [9.17, 15) is 28.8 Å². The van der Waals surface area contributed by atoms with Crippen LogP contribution in [-0.4, -0.2) is 129 Å². The molecule has 16 nitrogen and oxygen atoms in total. The van der Waals surface area contributed by atoms with Gasteiger partial charge >= 0.3 is 24.4 Å². The summed E-state index contributed by atoms with van der Waals surface area (Å²) in [5.41, 5.74) is -0.903. The summed E-state index contributed by atoms with van der Waals surface area (Å²) in [4.78, 5) is 82.8. The zero-order valence-corrected chi connectivity index (χ0v) is 40.1. The normalized spacial score (nSPS) is 23.1. The predicted molar refractivity (Wildman–Crippen MR) is 240 cm³/mol. The Bertz CT molecular complexity index is 1980. The molecule has 16 heteroatoms. The number of hydrogen-bond donors (Lipinski definition) is 0. The number of benzene rings is 2. The highest BCUT2D eigenvalue weighted by Crippen LogP contribution is 2.35. The molecule has 0 N–H and O–H groups in total. The van der Waals surface area contributed by atoms with Gasteiger partial charge in [-0.25, -0.2) is 29.0 Å². The molecular formula is C49H70N4O12. The summed E-state index contributed by atoms with van der Waals surface area (Å²) < 4.78 is 33.3. The van der Waals surface area contributed by atoms with Crippen LogP contribution in [0.25, 0.3) is 0 Å². The fourth-order valence-corrected chi connectivity index (χ4v) is 8.71. The lowest BCUT2D eigenvalue weighted by molar-refractivity contribution is -0.134. The number of hydrogen-bond acceptors (Lipinski definition) is 12. The molecule has 4 heterocycles. The van der Waals surface area contributed by atoms with Gasteiger partial charge in [0.25, 0.3) is 0 Å². The molecule has 2 aromatic rings. The van der Waals surface area contributed by atoms with Crippen molar-refractivity contribution in [3.05, 3.63) is 71.8 Å². The van der Waals surface area contributed by atoms with E-state index >= 15 is 0 Å². The van der Waals surface area contributed by atoms with Gasteiger partial charge in [-0.1, -0.05) is 74.0 Å². The van der Waals surface area contributed by atoms with Crippen LogP contribution in [0.1, 0.15) is 119 Å². The van der Waals surface area contributed by atoms with Crippen molar-refractivity contribution in [2.75, 3.05) is 26.4 Å². The quantitative estimate of drug-likeness (QED) is 0.186. The van der Waals surface area contributed by atoms with Gasteiger partial charge in [-0.3, -0.25) is 19.4 Å². The first-order chi connectivity index (χ1) is 30.4. The monoisotopic (exact) mass is 906 g/mol. The highest BCUT2D eigenvalue weighted by molar-refractivity contribution is 5.95. The lowest BCUT2D eigenvalue weighted by Gasteiger charge is -2.36. The molecule has 0 aliphatic carbocycles. The summed E-state index contributed by atoms with van der Waals surface area (Å²) in [6, 6.07) is 18.1. The van der Waals surface area contributed by atoms with Crippen LogP contribution >= 0.6 is 0 Å². The van der Waals surface area contributed by atoms with Crippen LogP contribution in [0.5, 0.6) is 0 Å². The molecule has 6 amide bonds. The molecule has 65 heavy (non-hydrogen) atoms. The molecule has 4 fully saturated rings. The fourth-order valence-electron chi connectivity index (χ4n) is 8.71. The van der Waals surface area contributed by atoms with E-state index in [4.69, 9.17) is 28.4 Å². The molecule has 0 unspecified atom stereocenters. The summed E-state index contributed by atoms with van der Waals surface area (Å²) in [6.07, 6.45) is 1.15. The van der Waals surface area contributed by atoms with Crippen LogP contribution in [0.2, 0.25) is 0 Å². The van der Waals surface area contributed by atoms with E-state index in [-0.39, 0.29) is 55.6 Å². The van der Waals surface area contributed by atoms with Gasteiger partial charge in [0.15, 0.2) is 0 Å². The first kappa shape index (κ1) is 50.8. The smallest absolute Gasteiger partial charge is 0.416 e. The van der Waals surface area contributed by atoms with E-state index in [0.717, 1.165) is 17.5 Å². The van der Waals surface area contributed by atoms with Crippen LogP contribution in [0.15, 0.2) is 60.7 Å². The second-order valence-corrected chi connectivity index (χ2v) is 20.1. The molecule has 4 saturated heterocycles. The fraction of sp³-hybridized carbons (Fsp3) is 0.633. The second-order valence-electron chi connectivity index (χ2n) is 20.1. The average Bonchev–Trinajstić information content (AvgIpc) is 3.94. The Balaban J connectivity index is 0.000000245. The summed E-state index contributed by atoms with van der Waals surface area (Å²) >= 11 is 0. The van der Waals surface area contributed by atoms with E-state index in [0.29, 0.717) is 45.3 Å². The minimum absolute atomic E-state index is 0.101. The van der Waals surface area contributed by atoms with Crippen LogP contribution in [0, 0.1) is 5.92 Å². The molecule has 6 rings (SSSR count). The third-order valence-corrected chi connectivity index (χ3v) is 11.6. The number of imide groups is 2. The van der Waals surface area contributed by atoms with Crippen LogP contribution in [-0.2, 0) is 50.9 Å². The average molecular weight is 907 g/mol. The Labute approximate surface area is 384 Å². The van der Waals surface area contributed by atoms with E-state index in [1.807, 2.05) is 102 Å². The summed E-state index contributed by atoms with van der Waals surface area (Å²) in [7, 11) is 0. The zero-order chi connectivity index (χ0) is 47.9. The molecule has 0 radical (unpaired) electrons. The Kier molecular flexibility index (Phi) is 16.4. The molecule has 0 bridgehead atoms. The number of nitrogens with zero attached hydrogens (tertiary/aromatic N) is 4. The van der Waals surface area contributed by atoms with Gasteiger partial charge in [-0.15, -0.1) is 0 Å². The number of carbonyl (C=O) groups excluding carboxylic acids is 6. The number of rotatable bonds is 12. The molecule has 4 aliphatic heterocycles. The summed E-state index contributed by atoms with van der Waals surface area (Å²) in [6.45, 7) is 21.1. The van der Waals surface area contributed by atoms with Crippen molar-refractivity contribution in [3.8, 4) is 0 Å². The Morgan fingerprint density at radius 3 is 1.54 bits per heavy atom. The predicted octanol–water partition coefficient (Wildman–Crippen LogP) is 8.48. The number of ether oxygens (including phenoxy) is 6. The number of amides is 6. The summed E-state index contributed by atoms with van der Waals surface area (Å²) in [5, 5.41) is 0. The lowest BCUT2D eigenvalue weighted by Crippen LogP contribution is -2.51. The van der Waals surface area contributed by atoms with Crippen molar-refractivity contribution in [1.82, 2.24) is 19.6 Å². The minimum Gasteiger partial charge on any atom is -0.447 e. The first-order valence-electron chi connectivity index (χ1n) is 22.8. The van der Waals surface area contributed by atoms with Gasteiger partial charge in [0.05, 0.1) is 37.4 Å². The molecule has 4 aliphatic rings. The standard InChI is InChI=1S/C26H38N2O6.C23H32N2O6/c1-7-11-19(15-21-17-33-26(5,6)28(21)24(31)34-25(2,3)4)22(29)27-20(16-32-23(27)30)14-18-12-9-8-10-13-18;1-22(2,3)31-21(28)25-17(15-30-23(25,4)5)11-12-19(26)24-18(14-29-20(24)27)13-16-9-7-6-8-10-16/h8-10,12-13,19-21H,7,11,14-17H2,1-6H3;6-10,17-18H,11-15H2,1-5H3/t19-,20-,21+;17-,18+/m10/s1. The summed E-state index contributed by atoms with van der Waals surface area (Å²) in [5.74, 6) is -1.00. The topological polar surface area (TPSA) is 171 Å². The maximum absolute atomic E-state index is 13.7. The van der Waals surface area contributed by atoms with Gasteiger partial charge in [-0.2, -0.15) is 0 Å². The van der Waals surface area contributed by atoms with Crippen molar-refractivity contribution in [1.29, 1.82) is 0 Å². The zero-order valence-electron chi connectivity index (χ0n) is 40.1. The lowest BCUT2D eigenvalue weighted by atomic mass is 9.92. The van der Waals surface area contributed by atoms with Crippen molar-refractivity contribution in [2.24, 2.45) is 5.92 Å². The van der Waals surface area contributed by atoms with Crippen molar-refractivity contribution < 1.29 is 57.2 Å². The second kappa shape index (κ2) is 21.0. The maximum Gasteiger partial charge on any atom is 0.416 e. The first-order valence-corrected chi connectivity index (χ1v) is 22.8. The minimum atomic E-state index is -0.852. The molecule has 358 valence electrons. The van der Waals surface area contributed by atoms with Crippen molar-refractivity contribution in [3.63, 3.8) is 0 Å². The van der Waals surface area contributed by atoms with Crippen molar-refractivity contribution >= 4 is 36.2 Å². The molecule has 5 atom stereocenters. The SMILES string of the molecule is CC(C)(C)OC(=O)N1[C@@H](CCC(=O)N2C(=O)OC[C@H]2Cc2ccccc2)COC1(C)C.CCC[C@H](C[C@H]1COC(C)(C)N1C(=O)OC(C)(C)C)C(=O)N1C(=O)OC[C@H]1Cc1ccccc1. The highest BCUT2D eigenvalue weighted by Gasteiger charge is 2.49. The number of carbonyl (C=O) groups is 6. The molecular weight excluding hydrogens is 837 g/mol. The van der Waals surface area contributed by atoms with Crippen LogP contribution in [0.3, 0.4) is 0 Å². The Morgan fingerprint density at radius 1 is 0.646 bits per heavy atom. The largest absolute Gasteiger partial charge is 0.447 e. The maximum atomic E-state index is 13.7. The van der Waals surface area contributed by atoms with E-state index in [2.05, 4.69) is 0 Å². The molecule has 0 spiro atoms. The van der Waals surface area contributed by atoms with Crippen LogP contribution < -0.4 is 0 Å². The van der Waals surface area contributed by atoms with Gasteiger partial charge in [0.1, 0.15) is 35.9 Å². The van der Waals surface area contributed by atoms with E-state index in [1.54, 1.807) is 44.4 Å². The molecule has 0 aromatic heterocycles. The van der Waals surface area contributed by atoms with Crippen molar-refractivity contribution in [2.45, 2.75) is 168 Å². The third kappa shape index (κ3) is 13.4. The van der Waals surface area contributed by atoms with Crippen LogP contribution in [0.4, 0.5) is 19.2 Å². The van der Waals surface area contributed by atoms with Gasteiger partial charge in [0.2, 0.25) is 11.8 Å². The van der Waals surface area contributed by atoms with Gasteiger partial charge in [0, 0.05) is 12.3 Å². The Hall–Kier alpha value is -5.22. The van der Waals surface area contributed by atoms with E-state index < -0.39 is 52.9 Å². The molecule has 2 aromatic carbocycles. The Morgan fingerprint density at radius 2 is 1.08 bits per heavy atom.